The Morgan fingerprint density at radius 1 is 1.26 bits per heavy atom. The highest BCUT2D eigenvalue weighted by Crippen LogP contribution is 2.20. The second kappa shape index (κ2) is 6.71. The van der Waals surface area contributed by atoms with E-state index in [9.17, 15) is 4.79 Å². The summed E-state index contributed by atoms with van der Waals surface area (Å²) in [5.74, 6) is 0.682. The van der Waals surface area contributed by atoms with E-state index < -0.39 is 0 Å². The number of carbonyl (C=O) groups excluding carboxylic acids is 1. The summed E-state index contributed by atoms with van der Waals surface area (Å²) in [6, 6.07) is 8.18. The minimum Gasteiger partial charge on any atom is -0.469 e. The first-order valence-electron chi connectivity index (χ1n) is 7.05. The largest absolute Gasteiger partial charge is 0.469 e. The van der Waals surface area contributed by atoms with E-state index in [1.807, 2.05) is 18.2 Å². The molecule has 1 aromatic carbocycles. The first-order chi connectivity index (χ1) is 9.19. The van der Waals surface area contributed by atoms with Crippen molar-refractivity contribution < 1.29 is 9.53 Å². The number of methoxy groups -OCH3 is 1. The summed E-state index contributed by atoms with van der Waals surface area (Å²) in [5.41, 5.74) is 2.34. The Labute approximate surface area is 115 Å². The molecule has 0 radical (unpaired) electrons. The lowest BCUT2D eigenvalue weighted by Gasteiger charge is -2.30. The average molecular weight is 261 g/mol. The van der Waals surface area contributed by atoms with E-state index in [0.29, 0.717) is 6.42 Å². The minimum atomic E-state index is -0.167. The molecule has 0 atom stereocenters. The molecule has 3 nitrogen and oxygen atoms in total. The Balaban J connectivity index is 2.01. The number of piperidine rings is 1. The van der Waals surface area contributed by atoms with Gasteiger partial charge in [-0.3, -0.25) is 9.69 Å². The highest BCUT2D eigenvalue weighted by molar-refractivity contribution is 5.72. The van der Waals surface area contributed by atoms with Gasteiger partial charge in [0.15, 0.2) is 0 Å². The van der Waals surface area contributed by atoms with E-state index in [0.717, 1.165) is 31.1 Å². The van der Waals surface area contributed by atoms with Crippen molar-refractivity contribution in [2.75, 3.05) is 20.2 Å². The van der Waals surface area contributed by atoms with E-state index in [2.05, 4.69) is 17.9 Å². The van der Waals surface area contributed by atoms with Gasteiger partial charge in [-0.15, -0.1) is 0 Å². The SMILES string of the molecule is COC(=O)Cc1ccccc1CN1CCC(C)CC1. The normalized spacial score (nSPS) is 17.4. The van der Waals surface area contributed by atoms with Gasteiger partial charge in [0.2, 0.25) is 0 Å². The topological polar surface area (TPSA) is 29.5 Å². The van der Waals surface area contributed by atoms with Crippen molar-refractivity contribution in [2.24, 2.45) is 5.92 Å². The summed E-state index contributed by atoms with van der Waals surface area (Å²) in [5, 5.41) is 0. The van der Waals surface area contributed by atoms with Crippen molar-refractivity contribution in [2.45, 2.75) is 32.7 Å². The molecule has 1 aromatic rings. The second-order valence-electron chi connectivity index (χ2n) is 5.48. The Morgan fingerprint density at radius 3 is 2.53 bits per heavy atom. The van der Waals surface area contributed by atoms with Crippen molar-refractivity contribution >= 4 is 5.97 Å². The lowest BCUT2D eigenvalue weighted by molar-refractivity contribution is -0.139. The van der Waals surface area contributed by atoms with Crippen molar-refractivity contribution in [3.8, 4) is 0 Å². The van der Waals surface area contributed by atoms with Gasteiger partial charge in [-0.05, 0) is 43.0 Å². The van der Waals surface area contributed by atoms with Crippen LogP contribution >= 0.6 is 0 Å². The second-order valence-corrected chi connectivity index (χ2v) is 5.48. The third-order valence-electron chi connectivity index (χ3n) is 3.95. The van der Waals surface area contributed by atoms with Crippen molar-refractivity contribution in [1.29, 1.82) is 0 Å². The van der Waals surface area contributed by atoms with Crippen LogP contribution in [0.1, 0.15) is 30.9 Å². The van der Waals surface area contributed by atoms with Crippen LogP contribution in [0.4, 0.5) is 0 Å². The maximum Gasteiger partial charge on any atom is 0.309 e. The molecule has 0 spiro atoms. The summed E-state index contributed by atoms with van der Waals surface area (Å²) in [6.07, 6.45) is 2.93. The van der Waals surface area contributed by atoms with Crippen LogP contribution in [0.2, 0.25) is 0 Å². The zero-order chi connectivity index (χ0) is 13.7. The van der Waals surface area contributed by atoms with E-state index in [1.54, 1.807) is 0 Å². The average Bonchev–Trinajstić information content (AvgIpc) is 2.43. The molecule has 2 rings (SSSR count). The predicted molar refractivity (Wildman–Crippen MR) is 75.8 cm³/mol. The molecule has 104 valence electrons. The minimum absolute atomic E-state index is 0.167. The van der Waals surface area contributed by atoms with Crippen molar-refractivity contribution in [3.63, 3.8) is 0 Å². The number of esters is 1. The monoisotopic (exact) mass is 261 g/mol. The molecule has 0 aromatic heterocycles. The molecule has 19 heavy (non-hydrogen) atoms. The number of ether oxygens (including phenoxy) is 1. The molecule has 0 N–H and O–H groups in total. The summed E-state index contributed by atoms with van der Waals surface area (Å²) in [6.45, 7) is 5.59. The Kier molecular flexibility index (Phi) is 4.97. The predicted octanol–water partition coefficient (Wildman–Crippen LogP) is 2.63. The summed E-state index contributed by atoms with van der Waals surface area (Å²) in [4.78, 5) is 13.9. The molecule has 0 amide bonds. The highest BCUT2D eigenvalue weighted by atomic mass is 16.5. The van der Waals surface area contributed by atoms with Gasteiger partial charge in [0.1, 0.15) is 0 Å². The third kappa shape index (κ3) is 4.06. The molecule has 3 heteroatoms. The number of hydrogen-bond acceptors (Lipinski definition) is 3. The standard InChI is InChI=1S/C16H23NO2/c1-13-7-9-17(10-8-13)12-15-6-4-3-5-14(15)11-16(18)19-2/h3-6,13H,7-12H2,1-2H3. The van der Waals surface area contributed by atoms with Gasteiger partial charge < -0.3 is 4.74 Å². The zero-order valence-electron chi connectivity index (χ0n) is 11.9. The molecule has 1 fully saturated rings. The van der Waals surface area contributed by atoms with Gasteiger partial charge in [0.05, 0.1) is 13.5 Å². The van der Waals surface area contributed by atoms with Crippen LogP contribution in [0, 0.1) is 5.92 Å². The number of carbonyl (C=O) groups is 1. The van der Waals surface area contributed by atoms with Crippen LogP contribution in [0.25, 0.3) is 0 Å². The lowest BCUT2D eigenvalue weighted by Crippen LogP contribution is -2.32. The summed E-state index contributed by atoms with van der Waals surface area (Å²) < 4.78 is 4.76. The fraction of sp³-hybridized carbons (Fsp3) is 0.562. The number of benzene rings is 1. The maximum absolute atomic E-state index is 11.4. The molecule has 0 unspecified atom stereocenters. The molecule has 1 saturated heterocycles. The molecule has 1 heterocycles. The Morgan fingerprint density at radius 2 is 1.89 bits per heavy atom. The molecule has 0 saturated carbocycles. The first kappa shape index (κ1) is 14.1. The lowest BCUT2D eigenvalue weighted by atomic mass is 9.98. The van der Waals surface area contributed by atoms with Crippen LogP contribution in [-0.2, 0) is 22.5 Å². The van der Waals surface area contributed by atoms with E-state index in [-0.39, 0.29) is 5.97 Å². The molecule has 0 aliphatic carbocycles. The van der Waals surface area contributed by atoms with Gasteiger partial charge in [-0.1, -0.05) is 31.2 Å². The van der Waals surface area contributed by atoms with Crippen LogP contribution in [0.15, 0.2) is 24.3 Å². The van der Waals surface area contributed by atoms with Crippen LogP contribution < -0.4 is 0 Å². The summed E-state index contributed by atoms with van der Waals surface area (Å²) >= 11 is 0. The quantitative estimate of drug-likeness (QED) is 0.780. The van der Waals surface area contributed by atoms with Crippen LogP contribution in [0.5, 0.6) is 0 Å². The van der Waals surface area contributed by atoms with E-state index in [4.69, 9.17) is 4.74 Å². The van der Waals surface area contributed by atoms with E-state index >= 15 is 0 Å². The van der Waals surface area contributed by atoms with Gasteiger partial charge in [0, 0.05) is 6.54 Å². The zero-order valence-corrected chi connectivity index (χ0v) is 11.9. The van der Waals surface area contributed by atoms with E-state index in [1.165, 1.54) is 25.5 Å². The van der Waals surface area contributed by atoms with Crippen LogP contribution in [0.3, 0.4) is 0 Å². The molecule has 0 bridgehead atoms. The fourth-order valence-electron chi connectivity index (χ4n) is 2.57. The molecule has 1 aliphatic heterocycles. The van der Waals surface area contributed by atoms with Gasteiger partial charge in [-0.2, -0.15) is 0 Å². The molecule has 1 aliphatic rings. The number of nitrogens with zero attached hydrogens (tertiary/aromatic N) is 1. The van der Waals surface area contributed by atoms with Crippen molar-refractivity contribution in [1.82, 2.24) is 4.90 Å². The molecular weight excluding hydrogens is 238 g/mol. The first-order valence-corrected chi connectivity index (χ1v) is 7.05. The summed E-state index contributed by atoms with van der Waals surface area (Å²) in [7, 11) is 1.44. The maximum atomic E-state index is 11.4. The molecular formula is C16H23NO2. The number of rotatable bonds is 4. The fourth-order valence-corrected chi connectivity index (χ4v) is 2.57. The van der Waals surface area contributed by atoms with Gasteiger partial charge >= 0.3 is 5.97 Å². The third-order valence-corrected chi connectivity index (χ3v) is 3.95. The smallest absolute Gasteiger partial charge is 0.309 e. The van der Waals surface area contributed by atoms with Crippen LogP contribution in [-0.4, -0.2) is 31.1 Å². The van der Waals surface area contributed by atoms with Crippen molar-refractivity contribution in [3.05, 3.63) is 35.4 Å². The number of hydrogen-bond donors (Lipinski definition) is 0. The Bertz CT molecular complexity index is 423. The Hall–Kier alpha value is -1.35. The number of likely N-dealkylation sites (tertiary alicyclic amines) is 1. The highest BCUT2D eigenvalue weighted by Gasteiger charge is 2.17. The van der Waals surface area contributed by atoms with Gasteiger partial charge in [0.25, 0.3) is 0 Å². The van der Waals surface area contributed by atoms with Gasteiger partial charge in [-0.25, -0.2) is 0 Å².